The summed E-state index contributed by atoms with van der Waals surface area (Å²) < 4.78 is 18.4. The van der Waals surface area contributed by atoms with Crippen LogP contribution in [0, 0.1) is 0 Å². The molecule has 1 aromatic heterocycles. The van der Waals surface area contributed by atoms with Crippen molar-refractivity contribution in [1.82, 2.24) is 4.57 Å². The third-order valence-electron chi connectivity index (χ3n) is 2.26. The lowest BCUT2D eigenvalue weighted by molar-refractivity contribution is -0.144. The Balaban J connectivity index is 2.36. The van der Waals surface area contributed by atoms with Crippen molar-refractivity contribution in [3.63, 3.8) is 0 Å². The molecule has 2 rings (SSSR count). The number of para-hydroxylation sites is 1. The average Bonchev–Trinajstić information content (AvgIpc) is 2.65. The highest BCUT2D eigenvalue weighted by Gasteiger charge is 2.14. The van der Waals surface area contributed by atoms with E-state index in [0.29, 0.717) is 15.2 Å². The molecule has 0 aliphatic rings. The number of esters is 1. The molecule has 0 aliphatic heterocycles. The molecule has 2 aromatic rings. The summed E-state index contributed by atoms with van der Waals surface area (Å²) in [6.07, 6.45) is 0. The van der Waals surface area contributed by atoms with E-state index < -0.39 is 12.6 Å². The zero-order chi connectivity index (χ0) is 13.1. The first-order valence-corrected chi connectivity index (χ1v) is 6.32. The van der Waals surface area contributed by atoms with Crippen molar-refractivity contribution in [2.75, 3.05) is 13.3 Å². The predicted octanol–water partition coefficient (Wildman–Crippen LogP) is 2.23. The maximum atomic E-state index is 11.9. The molecule has 0 aliphatic carbocycles. The van der Waals surface area contributed by atoms with E-state index in [9.17, 15) is 14.0 Å². The van der Waals surface area contributed by atoms with E-state index in [4.69, 9.17) is 11.6 Å². The second kappa shape index (κ2) is 5.49. The summed E-state index contributed by atoms with van der Waals surface area (Å²) in [5.74, 6) is -0.658. The van der Waals surface area contributed by atoms with Crippen molar-refractivity contribution < 1.29 is 13.9 Å². The van der Waals surface area contributed by atoms with Gasteiger partial charge in [0.05, 0.1) is 15.2 Å². The van der Waals surface area contributed by atoms with Gasteiger partial charge in [-0.2, -0.15) is 0 Å². The minimum Gasteiger partial charge on any atom is -0.462 e. The van der Waals surface area contributed by atoms with Crippen molar-refractivity contribution in [2.45, 2.75) is 6.54 Å². The van der Waals surface area contributed by atoms with Crippen molar-refractivity contribution in [2.24, 2.45) is 0 Å². The van der Waals surface area contributed by atoms with Gasteiger partial charge in [0, 0.05) is 0 Å². The molecule has 0 amide bonds. The number of thiazole rings is 1. The highest BCUT2D eigenvalue weighted by atomic mass is 35.5. The molecule has 0 atom stereocenters. The summed E-state index contributed by atoms with van der Waals surface area (Å²) in [6.45, 7) is -1.31. The van der Waals surface area contributed by atoms with Gasteiger partial charge in [-0.1, -0.05) is 29.0 Å². The van der Waals surface area contributed by atoms with E-state index in [1.54, 1.807) is 18.2 Å². The lowest BCUT2D eigenvalue weighted by Gasteiger charge is -2.04. The molecular weight excluding hydrogens is 281 g/mol. The van der Waals surface area contributed by atoms with Crippen LogP contribution in [0.3, 0.4) is 0 Å². The fourth-order valence-corrected chi connectivity index (χ4v) is 2.80. The Hall–Kier alpha value is -1.40. The summed E-state index contributed by atoms with van der Waals surface area (Å²) in [6, 6.07) is 5.11. The van der Waals surface area contributed by atoms with Crippen molar-refractivity contribution in [1.29, 1.82) is 0 Å². The van der Waals surface area contributed by atoms with Crippen molar-refractivity contribution in [3.05, 3.63) is 32.9 Å². The molecule has 0 bridgehead atoms. The molecule has 0 unspecified atom stereocenters. The Morgan fingerprint density at radius 2 is 2.28 bits per heavy atom. The van der Waals surface area contributed by atoms with E-state index in [1.807, 2.05) is 0 Å². The van der Waals surface area contributed by atoms with Gasteiger partial charge in [-0.15, -0.1) is 0 Å². The van der Waals surface area contributed by atoms with Crippen LogP contribution in [-0.2, 0) is 16.1 Å². The summed E-state index contributed by atoms with van der Waals surface area (Å²) >= 11 is 7.00. The molecule has 0 N–H and O–H groups in total. The minimum absolute atomic E-state index is 0.261. The molecule has 0 spiro atoms. The van der Waals surface area contributed by atoms with Gasteiger partial charge < -0.3 is 4.74 Å². The number of nitrogens with zero attached hydrogens (tertiary/aromatic N) is 1. The Morgan fingerprint density at radius 3 is 3.00 bits per heavy atom. The smallest absolute Gasteiger partial charge is 0.326 e. The van der Waals surface area contributed by atoms with Crippen LogP contribution >= 0.6 is 22.9 Å². The van der Waals surface area contributed by atoms with Crippen LogP contribution in [0.4, 0.5) is 4.39 Å². The van der Waals surface area contributed by atoms with Crippen LogP contribution in [-0.4, -0.2) is 23.8 Å². The Morgan fingerprint density at radius 1 is 1.50 bits per heavy atom. The largest absolute Gasteiger partial charge is 0.462 e. The summed E-state index contributed by atoms with van der Waals surface area (Å²) in [7, 11) is 0. The number of hydrogen-bond acceptors (Lipinski definition) is 4. The van der Waals surface area contributed by atoms with Crippen LogP contribution in [0.5, 0.6) is 0 Å². The van der Waals surface area contributed by atoms with Crippen molar-refractivity contribution in [3.8, 4) is 0 Å². The molecule has 18 heavy (non-hydrogen) atoms. The number of ether oxygens (including phenoxy) is 1. The summed E-state index contributed by atoms with van der Waals surface area (Å²) in [5, 5.41) is 0.393. The third kappa shape index (κ3) is 2.54. The lowest BCUT2D eigenvalue weighted by Crippen LogP contribution is -2.21. The van der Waals surface area contributed by atoms with Gasteiger partial charge in [0.15, 0.2) is 0 Å². The first-order chi connectivity index (χ1) is 8.63. The predicted molar refractivity (Wildman–Crippen MR) is 68.0 cm³/mol. The highest BCUT2D eigenvalue weighted by molar-refractivity contribution is 7.16. The average molecular weight is 290 g/mol. The van der Waals surface area contributed by atoms with Crippen LogP contribution in [0.15, 0.2) is 23.0 Å². The number of rotatable bonds is 4. The third-order valence-corrected chi connectivity index (χ3v) is 3.51. The zero-order valence-electron chi connectivity index (χ0n) is 9.19. The van der Waals surface area contributed by atoms with Crippen molar-refractivity contribution >= 4 is 39.1 Å². The highest BCUT2D eigenvalue weighted by Crippen LogP contribution is 2.25. The van der Waals surface area contributed by atoms with E-state index >= 15 is 0 Å². The van der Waals surface area contributed by atoms with E-state index in [-0.39, 0.29) is 18.0 Å². The number of carbonyl (C=O) groups excluding carboxylic acids is 1. The normalized spacial score (nSPS) is 10.8. The molecule has 4 nitrogen and oxygen atoms in total. The Kier molecular flexibility index (Phi) is 3.98. The van der Waals surface area contributed by atoms with Gasteiger partial charge in [0.25, 0.3) is 0 Å². The topological polar surface area (TPSA) is 48.3 Å². The second-order valence-electron chi connectivity index (χ2n) is 3.45. The fraction of sp³-hybridized carbons (Fsp3) is 0.273. The minimum atomic E-state index is -0.744. The number of carbonyl (C=O) groups is 1. The lowest BCUT2D eigenvalue weighted by atomic mass is 10.3. The quantitative estimate of drug-likeness (QED) is 0.811. The number of fused-ring (bicyclic) bond motifs is 1. The van der Waals surface area contributed by atoms with Crippen LogP contribution in [0.1, 0.15) is 0 Å². The maximum Gasteiger partial charge on any atom is 0.326 e. The molecule has 1 heterocycles. The number of aromatic nitrogens is 1. The molecular formula is C11H9ClFNO3S. The van der Waals surface area contributed by atoms with Gasteiger partial charge in [-0.25, -0.2) is 4.39 Å². The van der Waals surface area contributed by atoms with E-state index in [0.717, 1.165) is 11.3 Å². The first-order valence-electron chi connectivity index (χ1n) is 5.13. The SMILES string of the molecule is O=C(Cn1c(=O)sc2cccc(Cl)c21)OCCF. The van der Waals surface area contributed by atoms with Crippen LogP contribution < -0.4 is 4.87 Å². The van der Waals surface area contributed by atoms with Gasteiger partial charge in [-0.05, 0) is 12.1 Å². The molecule has 1 aromatic carbocycles. The molecule has 96 valence electrons. The number of hydrogen-bond donors (Lipinski definition) is 0. The molecule has 0 saturated carbocycles. The first kappa shape index (κ1) is 13.0. The van der Waals surface area contributed by atoms with Crippen LogP contribution in [0.25, 0.3) is 10.2 Å². The maximum absolute atomic E-state index is 11.9. The Labute approximate surface area is 111 Å². The monoisotopic (exact) mass is 289 g/mol. The van der Waals surface area contributed by atoms with E-state index in [2.05, 4.69) is 4.74 Å². The molecule has 7 heteroatoms. The van der Waals surface area contributed by atoms with Gasteiger partial charge in [0.1, 0.15) is 19.8 Å². The zero-order valence-corrected chi connectivity index (χ0v) is 10.8. The van der Waals surface area contributed by atoms with Gasteiger partial charge in [0.2, 0.25) is 0 Å². The Bertz CT molecular complexity index is 637. The molecule has 0 saturated heterocycles. The second-order valence-corrected chi connectivity index (χ2v) is 4.85. The van der Waals surface area contributed by atoms with Crippen LogP contribution in [0.2, 0.25) is 5.02 Å². The van der Waals surface area contributed by atoms with Gasteiger partial charge in [-0.3, -0.25) is 14.2 Å². The van der Waals surface area contributed by atoms with Gasteiger partial charge >= 0.3 is 10.8 Å². The number of alkyl halides is 1. The number of benzene rings is 1. The fourth-order valence-electron chi connectivity index (χ4n) is 1.55. The van der Waals surface area contributed by atoms with E-state index in [1.165, 1.54) is 4.57 Å². The number of halogens is 2. The summed E-state index contributed by atoms with van der Waals surface area (Å²) in [4.78, 5) is 22.8. The molecule has 0 fully saturated rings. The standard InChI is InChI=1S/C11H9ClFNO3S/c12-7-2-1-3-8-10(7)14(11(16)18-8)6-9(15)17-5-4-13/h1-3H,4-6H2. The molecule has 0 radical (unpaired) electrons. The summed E-state index contributed by atoms with van der Waals surface area (Å²) in [5.41, 5.74) is 0.506.